The zero-order valence-electron chi connectivity index (χ0n) is 12.3. The van der Waals surface area contributed by atoms with Crippen LogP contribution in [0.1, 0.15) is 45.4 Å². The lowest BCUT2D eigenvalue weighted by Crippen LogP contribution is -2.62. The number of rotatable bonds is 9. The molecule has 1 heterocycles. The van der Waals surface area contributed by atoms with Gasteiger partial charge < -0.3 is 30.5 Å². The van der Waals surface area contributed by atoms with Crippen molar-refractivity contribution in [2.75, 3.05) is 13.2 Å². The molecule has 0 aliphatic carbocycles. The van der Waals surface area contributed by atoms with Gasteiger partial charge >= 0.3 is 0 Å². The van der Waals surface area contributed by atoms with Crippen molar-refractivity contribution in [2.45, 2.75) is 76.1 Å². The van der Waals surface area contributed by atoms with Gasteiger partial charge in [0.05, 0.1) is 12.6 Å². The summed E-state index contributed by atoms with van der Waals surface area (Å²) < 4.78 is 10.9. The average molecular weight is 291 g/mol. The van der Waals surface area contributed by atoms with E-state index in [9.17, 15) is 10.2 Å². The normalized spacial score (nSPS) is 34.4. The van der Waals surface area contributed by atoms with Crippen molar-refractivity contribution >= 4 is 0 Å². The van der Waals surface area contributed by atoms with E-state index in [0.717, 1.165) is 12.8 Å². The van der Waals surface area contributed by atoms with Gasteiger partial charge in [0.1, 0.15) is 18.3 Å². The Balaban J connectivity index is 2.21. The smallest absolute Gasteiger partial charge is 0.175 e. The molecule has 0 saturated carbocycles. The first-order valence-corrected chi connectivity index (χ1v) is 7.61. The average Bonchev–Trinajstić information content (AvgIpc) is 2.46. The van der Waals surface area contributed by atoms with Gasteiger partial charge in [-0.3, -0.25) is 0 Å². The second-order valence-corrected chi connectivity index (χ2v) is 5.42. The van der Waals surface area contributed by atoms with E-state index in [0.29, 0.717) is 6.61 Å². The molecule has 0 amide bonds. The zero-order valence-corrected chi connectivity index (χ0v) is 12.3. The van der Waals surface area contributed by atoms with Gasteiger partial charge in [0.15, 0.2) is 6.29 Å². The Morgan fingerprint density at radius 3 is 2.35 bits per heavy atom. The standard InChI is InChI=1S/C14H29NO5/c1-2-3-4-5-6-7-8-19-14-11(15)13(18)12(17)10(9-16)20-14/h10-14,16-18H,2-9,15H2,1H3/t10-,11-,12-,13-,14-/m1/s1. The number of nitrogens with two attached hydrogens (primary N) is 1. The maximum Gasteiger partial charge on any atom is 0.175 e. The Labute approximate surface area is 120 Å². The summed E-state index contributed by atoms with van der Waals surface area (Å²) in [5, 5.41) is 28.5. The van der Waals surface area contributed by atoms with E-state index in [-0.39, 0.29) is 6.61 Å². The zero-order chi connectivity index (χ0) is 15.0. The Morgan fingerprint density at radius 1 is 1.05 bits per heavy atom. The number of unbranched alkanes of at least 4 members (excludes halogenated alkanes) is 5. The molecule has 1 rings (SSSR count). The molecule has 1 saturated heterocycles. The van der Waals surface area contributed by atoms with Crippen molar-refractivity contribution in [3.63, 3.8) is 0 Å². The van der Waals surface area contributed by atoms with Gasteiger partial charge in [0, 0.05) is 6.61 Å². The highest BCUT2D eigenvalue weighted by Gasteiger charge is 2.42. The number of aliphatic hydroxyl groups excluding tert-OH is 3. The Bertz CT molecular complexity index is 252. The van der Waals surface area contributed by atoms with Crippen LogP contribution in [-0.2, 0) is 9.47 Å². The molecule has 120 valence electrons. The third-order valence-electron chi connectivity index (χ3n) is 3.71. The molecule has 5 atom stereocenters. The lowest BCUT2D eigenvalue weighted by Gasteiger charge is -2.40. The molecule has 20 heavy (non-hydrogen) atoms. The minimum absolute atomic E-state index is 0.373. The summed E-state index contributed by atoms with van der Waals surface area (Å²) in [5.41, 5.74) is 5.77. The van der Waals surface area contributed by atoms with Crippen molar-refractivity contribution < 1.29 is 24.8 Å². The maximum absolute atomic E-state index is 9.77. The molecule has 0 radical (unpaired) electrons. The predicted molar refractivity (Wildman–Crippen MR) is 75.1 cm³/mol. The Kier molecular flexibility index (Phi) is 8.60. The first-order valence-electron chi connectivity index (χ1n) is 7.61. The van der Waals surface area contributed by atoms with Gasteiger partial charge in [0.25, 0.3) is 0 Å². The lowest BCUT2D eigenvalue weighted by molar-refractivity contribution is -0.265. The van der Waals surface area contributed by atoms with Crippen LogP contribution in [0, 0.1) is 0 Å². The second-order valence-electron chi connectivity index (χ2n) is 5.42. The fourth-order valence-corrected chi connectivity index (χ4v) is 2.34. The highest BCUT2D eigenvalue weighted by Crippen LogP contribution is 2.21. The first kappa shape index (κ1) is 17.8. The van der Waals surface area contributed by atoms with Crippen LogP contribution in [0.15, 0.2) is 0 Å². The molecule has 0 aromatic carbocycles. The van der Waals surface area contributed by atoms with Crippen LogP contribution in [0.5, 0.6) is 0 Å². The van der Waals surface area contributed by atoms with Gasteiger partial charge in [-0.1, -0.05) is 39.0 Å². The third-order valence-corrected chi connectivity index (χ3v) is 3.71. The summed E-state index contributed by atoms with van der Waals surface area (Å²) in [6.45, 7) is 2.31. The summed E-state index contributed by atoms with van der Waals surface area (Å²) in [7, 11) is 0. The molecule has 5 N–H and O–H groups in total. The molecule has 0 aromatic rings. The Morgan fingerprint density at radius 2 is 1.70 bits per heavy atom. The number of hydrogen-bond acceptors (Lipinski definition) is 6. The van der Waals surface area contributed by atoms with Crippen molar-refractivity contribution in [3.05, 3.63) is 0 Å². The Hall–Kier alpha value is -0.240. The van der Waals surface area contributed by atoms with Crippen LogP contribution < -0.4 is 5.73 Å². The molecule has 0 aromatic heterocycles. The molecule has 1 fully saturated rings. The quantitative estimate of drug-likeness (QED) is 0.450. The minimum Gasteiger partial charge on any atom is -0.394 e. The molecule has 6 heteroatoms. The van der Waals surface area contributed by atoms with E-state index < -0.39 is 30.6 Å². The molecule has 0 unspecified atom stereocenters. The van der Waals surface area contributed by atoms with Crippen LogP contribution >= 0.6 is 0 Å². The topological polar surface area (TPSA) is 105 Å². The molecule has 0 spiro atoms. The fourth-order valence-electron chi connectivity index (χ4n) is 2.34. The van der Waals surface area contributed by atoms with Crippen molar-refractivity contribution in [1.82, 2.24) is 0 Å². The largest absolute Gasteiger partial charge is 0.394 e. The van der Waals surface area contributed by atoms with Gasteiger partial charge in [-0.15, -0.1) is 0 Å². The maximum atomic E-state index is 9.77. The first-order chi connectivity index (χ1) is 9.61. The van der Waals surface area contributed by atoms with Gasteiger partial charge in [-0.25, -0.2) is 0 Å². The summed E-state index contributed by atoms with van der Waals surface area (Å²) in [6.07, 6.45) is 2.99. The van der Waals surface area contributed by atoms with Crippen LogP contribution in [0.25, 0.3) is 0 Å². The van der Waals surface area contributed by atoms with Crippen LogP contribution in [0.3, 0.4) is 0 Å². The van der Waals surface area contributed by atoms with E-state index in [2.05, 4.69) is 6.92 Å². The van der Waals surface area contributed by atoms with E-state index in [1.54, 1.807) is 0 Å². The van der Waals surface area contributed by atoms with Crippen LogP contribution in [-0.4, -0.2) is 59.2 Å². The van der Waals surface area contributed by atoms with Crippen molar-refractivity contribution in [2.24, 2.45) is 5.73 Å². The second kappa shape index (κ2) is 9.65. The molecule has 1 aliphatic heterocycles. The van der Waals surface area contributed by atoms with Gasteiger partial charge in [-0.05, 0) is 6.42 Å². The van der Waals surface area contributed by atoms with Crippen molar-refractivity contribution in [3.8, 4) is 0 Å². The van der Waals surface area contributed by atoms with E-state index >= 15 is 0 Å². The summed E-state index contributed by atoms with van der Waals surface area (Å²) in [5.74, 6) is 0. The SMILES string of the molecule is CCCCCCCCO[C@@H]1O[C@H](CO)[C@@H](O)[C@H](O)[C@H]1N. The number of aliphatic hydroxyl groups is 3. The highest BCUT2D eigenvalue weighted by atomic mass is 16.7. The number of hydrogen-bond donors (Lipinski definition) is 4. The molecular weight excluding hydrogens is 262 g/mol. The number of ether oxygens (including phenoxy) is 2. The summed E-state index contributed by atoms with van der Waals surface area (Å²) >= 11 is 0. The molecule has 1 aliphatic rings. The van der Waals surface area contributed by atoms with Crippen LogP contribution in [0.2, 0.25) is 0 Å². The van der Waals surface area contributed by atoms with E-state index in [4.69, 9.17) is 20.3 Å². The third kappa shape index (κ3) is 5.27. The van der Waals surface area contributed by atoms with Gasteiger partial charge in [-0.2, -0.15) is 0 Å². The highest BCUT2D eigenvalue weighted by molar-refractivity contribution is 4.91. The summed E-state index contributed by atoms with van der Waals surface area (Å²) in [4.78, 5) is 0. The fraction of sp³-hybridized carbons (Fsp3) is 1.00. The molecule has 0 bridgehead atoms. The predicted octanol–water partition coefficient (Wildman–Crippen LogP) is 0.130. The lowest BCUT2D eigenvalue weighted by atomic mass is 9.98. The molecule has 6 nitrogen and oxygen atoms in total. The van der Waals surface area contributed by atoms with E-state index in [1.807, 2.05) is 0 Å². The van der Waals surface area contributed by atoms with E-state index in [1.165, 1.54) is 25.7 Å². The van der Waals surface area contributed by atoms with Crippen molar-refractivity contribution in [1.29, 1.82) is 0 Å². The van der Waals surface area contributed by atoms with Crippen LogP contribution in [0.4, 0.5) is 0 Å². The van der Waals surface area contributed by atoms with Gasteiger partial charge in [0.2, 0.25) is 0 Å². The monoisotopic (exact) mass is 291 g/mol. The molecular formula is C14H29NO5. The summed E-state index contributed by atoms with van der Waals surface area (Å²) in [6, 6.07) is -0.798. The minimum atomic E-state index is -1.18.